The predicted octanol–water partition coefficient (Wildman–Crippen LogP) is 4.32. The normalized spacial score (nSPS) is 22.7. The van der Waals surface area contributed by atoms with E-state index in [0.29, 0.717) is 25.3 Å². The molecule has 4 heterocycles. The number of nitrogens with one attached hydrogen (secondary N) is 1. The van der Waals surface area contributed by atoms with Gasteiger partial charge in [0.1, 0.15) is 11.6 Å². The number of hydrogen-bond donors (Lipinski definition) is 1. The molecular formula is C30H44N6O2. The number of pyridine rings is 1. The molecule has 8 nitrogen and oxygen atoms in total. The number of amides is 2. The van der Waals surface area contributed by atoms with Gasteiger partial charge in [0, 0.05) is 43.6 Å². The Bertz CT molecular complexity index is 1120. The molecule has 1 atom stereocenters. The maximum Gasteiger partial charge on any atom is 0.246 e. The van der Waals surface area contributed by atoms with Crippen LogP contribution in [0.4, 0.5) is 0 Å². The van der Waals surface area contributed by atoms with E-state index in [0.717, 1.165) is 56.1 Å². The zero-order chi connectivity index (χ0) is 26.7. The molecule has 8 heteroatoms. The maximum absolute atomic E-state index is 13.8. The van der Waals surface area contributed by atoms with E-state index in [-0.39, 0.29) is 17.9 Å². The lowest BCUT2D eigenvalue weighted by Gasteiger charge is -2.52. The van der Waals surface area contributed by atoms with E-state index in [9.17, 15) is 9.59 Å². The van der Waals surface area contributed by atoms with E-state index in [1.54, 1.807) is 6.20 Å². The van der Waals surface area contributed by atoms with E-state index in [1.807, 2.05) is 27.8 Å². The molecule has 206 valence electrons. The molecular weight excluding hydrogens is 476 g/mol. The largest absolute Gasteiger partial charge is 0.342 e. The molecule has 2 aromatic heterocycles. The molecule has 1 aliphatic carbocycles. The zero-order valence-electron chi connectivity index (χ0n) is 23.4. The van der Waals surface area contributed by atoms with Gasteiger partial charge < -0.3 is 10.2 Å². The van der Waals surface area contributed by atoms with Gasteiger partial charge in [0.2, 0.25) is 11.8 Å². The minimum Gasteiger partial charge on any atom is -0.342 e. The van der Waals surface area contributed by atoms with Crippen LogP contribution >= 0.6 is 0 Å². The first-order chi connectivity index (χ1) is 18.4. The van der Waals surface area contributed by atoms with Crippen LogP contribution in [0.1, 0.15) is 88.1 Å². The molecule has 1 unspecified atom stereocenters. The fraction of sp³-hybridized carbons (Fsp3) is 0.667. The van der Waals surface area contributed by atoms with Crippen LogP contribution < -0.4 is 5.32 Å². The van der Waals surface area contributed by atoms with Gasteiger partial charge in [0.05, 0.1) is 5.69 Å². The lowest BCUT2D eigenvalue weighted by atomic mass is 9.79. The first-order valence-corrected chi connectivity index (χ1v) is 14.7. The van der Waals surface area contributed by atoms with Gasteiger partial charge in [-0.2, -0.15) is 5.10 Å². The second kappa shape index (κ2) is 11.6. The lowest BCUT2D eigenvalue weighted by Crippen LogP contribution is -2.73. The SMILES string of the molecule is CCCCN1C(=O)C(CC2CCCCC2)NC(=O)C12CCN(Cc1c(C)nn(-c3ccccn3)c1C)CC2. The van der Waals surface area contributed by atoms with Crippen molar-refractivity contribution in [3.8, 4) is 5.82 Å². The number of carbonyl (C=O) groups is 2. The summed E-state index contributed by atoms with van der Waals surface area (Å²) in [7, 11) is 0. The number of likely N-dealkylation sites (tertiary alicyclic amines) is 1. The molecule has 0 bridgehead atoms. The molecule has 2 aliphatic heterocycles. The number of hydrogen-bond acceptors (Lipinski definition) is 5. The Labute approximate surface area is 227 Å². The minimum atomic E-state index is -0.714. The average molecular weight is 521 g/mol. The summed E-state index contributed by atoms with van der Waals surface area (Å²) in [4.78, 5) is 36.4. The number of rotatable bonds is 8. The van der Waals surface area contributed by atoms with Crippen LogP contribution in [-0.4, -0.2) is 67.6 Å². The molecule has 2 saturated heterocycles. The Morgan fingerprint density at radius 1 is 1.08 bits per heavy atom. The first-order valence-electron chi connectivity index (χ1n) is 14.7. The highest BCUT2D eigenvalue weighted by Crippen LogP contribution is 2.36. The molecule has 2 amide bonds. The van der Waals surface area contributed by atoms with Crippen LogP contribution in [0, 0.1) is 19.8 Å². The fourth-order valence-corrected chi connectivity index (χ4v) is 6.84. The molecule has 0 aromatic carbocycles. The van der Waals surface area contributed by atoms with E-state index in [4.69, 9.17) is 5.10 Å². The Kier molecular flexibility index (Phi) is 8.17. The van der Waals surface area contributed by atoms with Crippen molar-refractivity contribution in [3.05, 3.63) is 41.3 Å². The van der Waals surface area contributed by atoms with Crippen molar-refractivity contribution < 1.29 is 9.59 Å². The van der Waals surface area contributed by atoms with Crippen molar-refractivity contribution in [1.82, 2.24) is 29.9 Å². The molecule has 38 heavy (non-hydrogen) atoms. The van der Waals surface area contributed by atoms with Crippen LogP contribution in [0.15, 0.2) is 24.4 Å². The van der Waals surface area contributed by atoms with Gasteiger partial charge in [0.15, 0.2) is 5.82 Å². The molecule has 0 radical (unpaired) electrons. The number of piperidine rings is 1. The summed E-state index contributed by atoms with van der Waals surface area (Å²) < 4.78 is 1.92. The van der Waals surface area contributed by atoms with Gasteiger partial charge in [-0.05, 0) is 57.6 Å². The first kappa shape index (κ1) is 26.9. The van der Waals surface area contributed by atoms with Crippen molar-refractivity contribution >= 4 is 11.8 Å². The van der Waals surface area contributed by atoms with Crippen molar-refractivity contribution in [1.29, 1.82) is 0 Å². The number of unbranched alkanes of at least 4 members (excludes halogenated alkanes) is 1. The number of carbonyl (C=O) groups excluding carboxylic acids is 2. The van der Waals surface area contributed by atoms with Gasteiger partial charge >= 0.3 is 0 Å². The summed E-state index contributed by atoms with van der Waals surface area (Å²) in [6, 6.07) is 5.50. The molecule has 5 rings (SSSR count). The molecule has 3 aliphatic rings. The lowest BCUT2D eigenvalue weighted by molar-refractivity contribution is -0.162. The summed E-state index contributed by atoms with van der Waals surface area (Å²) in [5.74, 6) is 1.61. The highest BCUT2D eigenvalue weighted by atomic mass is 16.2. The van der Waals surface area contributed by atoms with Crippen molar-refractivity contribution in [3.63, 3.8) is 0 Å². The minimum absolute atomic E-state index is 0.0731. The van der Waals surface area contributed by atoms with Gasteiger partial charge in [-0.15, -0.1) is 0 Å². The van der Waals surface area contributed by atoms with Crippen molar-refractivity contribution in [2.75, 3.05) is 19.6 Å². The second-order valence-corrected chi connectivity index (χ2v) is 11.7. The topological polar surface area (TPSA) is 83.4 Å². The van der Waals surface area contributed by atoms with E-state index in [1.165, 1.54) is 37.7 Å². The highest BCUT2D eigenvalue weighted by molar-refractivity contribution is 6.00. The third kappa shape index (κ3) is 5.24. The smallest absolute Gasteiger partial charge is 0.246 e. The summed E-state index contributed by atoms with van der Waals surface area (Å²) in [6.07, 6.45) is 12.1. The molecule has 1 saturated carbocycles. The predicted molar refractivity (Wildman–Crippen MR) is 148 cm³/mol. The Balaban J connectivity index is 1.28. The van der Waals surface area contributed by atoms with Gasteiger partial charge in [-0.25, -0.2) is 9.67 Å². The van der Waals surface area contributed by atoms with E-state index < -0.39 is 5.54 Å². The average Bonchev–Trinajstić information content (AvgIpc) is 3.22. The summed E-state index contributed by atoms with van der Waals surface area (Å²) in [5.41, 5.74) is 2.61. The summed E-state index contributed by atoms with van der Waals surface area (Å²) in [6.45, 7) is 9.34. The molecule has 2 aromatic rings. The Morgan fingerprint density at radius 3 is 2.53 bits per heavy atom. The standard InChI is InChI=1S/C30H44N6O2/c1-4-5-17-35-28(37)26(20-24-11-7-6-8-12-24)32-29(38)30(35)14-18-34(19-15-30)21-25-22(2)33-36(23(25)3)27-13-9-10-16-31-27/h9-10,13,16,24,26H,4-8,11-12,14-15,17-21H2,1-3H3,(H,32,38). The molecule has 1 spiro atoms. The van der Waals surface area contributed by atoms with Crippen molar-refractivity contribution in [2.24, 2.45) is 5.92 Å². The van der Waals surface area contributed by atoms with Crippen molar-refractivity contribution in [2.45, 2.75) is 103 Å². The van der Waals surface area contributed by atoms with E-state index in [2.05, 4.69) is 36.0 Å². The van der Waals surface area contributed by atoms with E-state index >= 15 is 0 Å². The van der Waals surface area contributed by atoms with Crippen LogP contribution in [0.2, 0.25) is 0 Å². The second-order valence-electron chi connectivity index (χ2n) is 11.7. The van der Waals surface area contributed by atoms with Gasteiger partial charge in [-0.3, -0.25) is 14.5 Å². The Morgan fingerprint density at radius 2 is 1.84 bits per heavy atom. The third-order valence-corrected chi connectivity index (χ3v) is 9.21. The van der Waals surface area contributed by atoms with Crippen LogP contribution in [0.5, 0.6) is 0 Å². The quantitative estimate of drug-likeness (QED) is 0.561. The monoisotopic (exact) mass is 520 g/mol. The third-order valence-electron chi connectivity index (χ3n) is 9.21. The fourth-order valence-electron chi connectivity index (χ4n) is 6.84. The Hall–Kier alpha value is -2.74. The highest BCUT2D eigenvalue weighted by Gasteiger charge is 2.53. The van der Waals surface area contributed by atoms with Gasteiger partial charge in [0.25, 0.3) is 0 Å². The maximum atomic E-state index is 13.8. The van der Waals surface area contributed by atoms with Gasteiger partial charge in [-0.1, -0.05) is 51.5 Å². The van der Waals surface area contributed by atoms with Crippen LogP contribution in [-0.2, 0) is 16.1 Å². The number of nitrogens with zero attached hydrogens (tertiary/aromatic N) is 5. The van der Waals surface area contributed by atoms with Crippen LogP contribution in [0.25, 0.3) is 5.82 Å². The zero-order valence-corrected chi connectivity index (χ0v) is 23.4. The summed E-state index contributed by atoms with van der Waals surface area (Å²) in [5, 5.41) is 7.98. The number of piperazine rings is 1. The molecule has 3 fully saturated rings. The molecule has 1 N–H and O–H groups in total. The number of aryl methyl sites for hydroxylation is 1. The van der Waals surface area contributed by atoms with Crippen LogP contribution in [0.3, 0.4) is 0 Å². The number of aromatic nitrogens is 3. The summed E-state index contributed by atoms with van der Waals surface area (Å²) >= 11 is 0.